The maximum Gasteiger partial charge on any atom is 0.120 e. The highest BCUT2D eigenvalue weighted by atomic mass is 16.3. The molecule has 0 saturated heterocycles. The lowest BCUT2D eigenvalue weighted by Crippen LogP contribution is -2.35. The van der Waals surface area contributed by atoms with Crippen molar-refractivity contribution >= 4 is 0 Å². The van der Waals surface area contributed by atoms with Gasteiger partial charge in [-0.3, -0.25) is 0 Å². The standard InChI is InChI=1S/C14H21NO/c1-9-3-8-13(16-9)10(2)15-14(11-4-5-11)12-6-7-12/h3,8,10-12,14-15H,4-7H2,1-2H3. The average Bonchev–Trinajstić information content (AvgIpc) is 3.14. The maximum absolute atomic E-state index is 5.68. The van der Waals surface area contributed by atoms with Crippen LogP contribution in [0.4, 0.5) is 0 Å². The van der Waals surface area contributed by atoms with Crippen molar-refractivity contribution in [1.29, 1.82) is 0 Å². The number of furan rings is 1. The second-order valence-corrected chi connectivity index (χ2v) is 5.54. The number of rotatable bonds is 5. The zero-order valence-electron chi connectivity index (χ0n) is 10.2. The molecule has 1 unspecified atom stereocenters. The van der Waals surface area contributed by atoms with Crippen LogP contribution < -0.4 is 5.32 Å². The lowest BCUT2D eigenvalue weighted by molar-refractivity contribution is 0.338. The van der Waals surface area contributed by atoms with Gasteiger partial charge in [0.2, 0.25) is 0 Å². The van der Waals surface area contributed by atoms with E-state index in [1.165, 1.54) is 25.7 Å². The first kappa shape index (κ1) is 10.4. The van der Waals surface area contributed by atoms with E-state index in [-0.39, 0.29) is 0 Å². The fourth-order valence-electron chi connectivity index (χ4n) is 2.62. The van der Waals surface area contributed by atoms with Gasteiger partial charge in [0.05, 0.1) is 6.04 Å². The van der Waals surface area contributed by atoms with Gasteiger partial charge in [-0.2, -0.15) is 0 Å². The second kappa shape index (κ2) is 3.92. The first-order valence-electron chi connectivity index (χ1n) is 6.56. The molecule has 2 fully saturated rings. The van der Waals surface area contributed by atoms with E-state index in [2.05, 4.69) is 24.4 Å². The summed E-state index contributed by atoms with van der Waals surface area (Å²) >= 11 is 0. The molecule has 1 aromatic rings. The Morgan fingerprint density at radius 2 is 1.81 bits per heavy atom. The summed E-state index contributed by atoms with van der Waals surface area (Å²) in [4.78, 5) is 0. The zero-order chi connectivity index (χ0) is 11.1. The molecular weight excluding hydrogens is 198 g/mol. The molecule has 2 aliphatic carbocycles. The highest BCUT2D eigenvalue weighted by Crippen LogP contribution is 2.45. The summed E-state index contributed by atoms with van der Waals surface area (Å²) in [6, 6.07) is 5.26. The molecular formula is C14H21NO. The van der Waals surface area contributed by atoms with E-state index < -0.39 is 0 Å². The van der Waals surface area contributed by atoms with Gasteiger partial charge in [0.15, 0.2) is 0 Å². The van der Waals surface area contributed by atoms with Gasteiger partial charge in [-0.15, -0.1) is 0 Å². The van der Waals surface area contributed by atoms with Crippen LogP contribution in [0.5, 0.6) is 0 Å². The maximum atomic E-state index is 5.68. The van der Waals surface area contributed by atoms with Crippen molar-refractivity contribution in [1.82, 2.24) is 5.32 Å². The van der Waals surface area contributed by atoms with E-state index in [4.69, 9.17) is 4.42 Å². The third kappa shape index (κ3) is 2.17. The molecule has 1 N–H and O–H groups in total. The van der Waals surface area contributed by atoms with Crippen molar-refractivity contribution in [2.75, 3.05) is 0 Å². The summed E-state index contributed by atoms with van der Waals surface area (Å²) < 4.78 is 5.68. The first-order chi connectivity index (χ1) is 7.74. The van der Waals surface area contributed by atoms with Crippen LogP contribution in [0.15, 0.2) is 16.5 Å². The van der Waals surface area contributed by atoms with Crippen molar-refractivity contribution in [2.24, 2.45) is 11.8 Å². The van der Waals surface area contributed by atoms with Crippen LogP contribution in [0.1, 0.15) is 50.2 Å². The Hall–Kier alpha value is -0.760. The SMILES string of the molecule is Cc1ccc(C(C)NC(C2CC2)C2CC2)o1. The molecule has 1 atom stereocenters. The number of hydrogen-bond acceptors (Lipinski definition) is 2. The molecule has 0 aliphatic heterocycles. The van der Waals surface area contributed by atoms with Crippen molar-refractivity contribution in [3.8, 4) is 0 Å². The van der Waals surface area contributed by atoms with Crippen LogP contribution in [-0.4, -0.2) is 6.04 Å². The Morgan fingerprint density at radius 3 is 2.25 bits per heavy atom. The molecule has 2 nitrogen and oxygen atoms in total. The molecule has 16 heavy (non-hydrogen) atoms. The lowest BCUT2D eigenvalue weighted by Gasteiger charge is -2.21. The van der Waals surface area contributed by atoms with Gasteiger partial charge in [-0.25, -0.2) is 0 Å². The van der Waals surface area contributed by atoms with Crippen molar-refractivity contribution in [3.05, 3.63) is 23.7 Å². The van der Waals surface area contributed by atoms with Crippen LogP contribution >= 0.6 is 0 Å². The first-order valence-corrected chi connectivity index (χ1v) is 6.56. The summed E-state index contributed by atoms with van der Waals surface area (Å²) in [5, 5.41) is 3.78. The molecule has 0 radical (unpaired) electrons. The molecule has 1 aromatic heterocycles. The Balaban J connectivity index is 1.63. The Morgan fingerprint density at radius 1 is 1.19 bits per heavy atom. The zero-order valence-corrected chi connectivity index (χ0v) is 10.2. The topological polar surface area (TPSA) is 25.2 Å². The van der Waals surface area contributed by atoms with E-state index >= 15 is 0 Å². The minimum absolute atomic E-state index is 0.361. The highest BCUT2D eigenvalue weighted by molar-refractivity contribution is 5.10. The van der Waals surface area contributed by atoms with Crippen LogP contribution in [-0.2, 0) is 0 Å². The van der Waals surface area contributed by atoms with E-state index in [9.17, 15) is 0 Å². The molecule has 0 aromatic carbocycles. The molecule has 0 amide bonds. The molecule has 2 saturated carbocycles. The van der Waals surface area contributed by atoms with Gasteiger partial charge < -0.3 is 9.73 Å². The summed E-state index contributed by atoms with van der Waals surface area (Å²) in [7, 11) is 0. The van der Waals surface area contributed by atoms with Crippen LogP contribution in [0.2, 0.25) is 0 Å². The second-order valence-electron chi connectivity index (χ2n) is 5.54. The smallest absolute Gasteiger partial charge is 0.120 e. The molecule has 0 bridgehead atoms. The van der Waals surface area contributed by atoms with Crippen molar-refractivity contribution in [2.45, 2.75) is 51.6 Å². The minimum Gasteiger partial charge on any atom is -0.465 e. The average molecular weight is 219 g/mol. The Labute approximate surface area is 97.4 Å². The van der Waals surface area contributed by atoms with E-state index in [0.29, 0.717) is 6.04 Å². The third-order valence-electron chi connectivity index (χ3n) is 3.89. The van der Waals surface area contributed by atoms with Crippen molar-refractivity contribution in [3.63, 3.8) is 0 Å². The Kier molecular flexibility index (Phi) is 2.55. The largest absolute Gasteiger partial charge is 0.465 e. The van der Waals surface area contributed by atoms with E-state index in [1.54, 1.807) is 0 Å². The molecule has 3 rings (SSSR count). The summed E-state index contributed by atoms with van der Waals surface area (Å²) in [6.45, 7) is 4.23. The summed E-state index contributed by atoms with van der Waals surface area (Å²) in [6.07, 6.45) is 5.71. The van der Waals surface area contributed by atoms with Gasteiger partial charge in [-0.1, -0.05) is 0 Å². The monoisotopic (exact) mass is 219 g/mol. The van der Waals surface area contributed by atoms with Gasteiger partial charge in [0, 0.05) is 6.04 Å². The van der Waals surface area contributed by atoms with Gasteiger partial charge >= 0.3 is 0 Å². The van der Waals surface area contributed by atoms with E-state index in [1.807, 2.05) is 6.92 Å². The van der Waals surface area contributed by atoms with Crippen LogP contribution in [0.25, 0.3) is 0 Å². The lowest BCUT2D eigenvalue weighted by atomic mass is 10.1. The van der Waals surface area contributed by atoms with Crippen LogP contribution in [0, 0.1) is 18.8 Å². The fourth-order valence-corrected chi connectivity index (χ4v) is 2.62. The predicted molar refractivity (Wildman–Crippen MR) is 64.2 cm³/mol. The Bertz CT molecular complexity index is 351. The molecule has 0 spiro atoms. The molecule has 1 heterocycles. The number of nitrogens with one attached hydrogen (secondary N) is 1. The fraction of sp³-hybridized carbons (Fsp3) is 0.714. The summed E-state index contributed by atoms with van der Waals surface area (Å²) in [5.41, 5.74) is 0. The molecule has 88 valence electrons. The van der Waals surface area contributed by atoms with Gasteiger partial charge in [-0.05, 0) is 63.5 Å². The number of aryl methyl sites for hydroxylation is 1. The van der Waals surface area contributed by atoms with Crippen LogP contribution in [0.3, 0.4) is 0 Å². The molecule has 2 aliphatic rings. The predicted octanol–water partition coefficient (Wildman–Crippen LogP) is 3.43. The normalized spacial score (nSPS) is 22.7. The van der Waals surface area contributed by atoms with E-state index in [0.717, 1.165) is 29.4 Å². The van der Waals surface area contributed by atoms with Crippen molar-refractivity contribution < 1.29 is 4.42 Å². The highest BCUT2D eigenvalue weighted by Gasteiger charge is 2.41. The third-order valence-corrected chi connectivity index (χ3v) is 3.89. The number of hydrogen-bond donors (Lipinski definition) is 1. The van der Waals surface area contributed by atoms with Gasteiger partial charge in [0.1, 0.15) is 11.5 Å². The quantitative estimate of drug-likeness (QED) is 0.820. The minimum atomic E-state index is 0.361. The summed E-state index contributed by atoms with van der Waals surface area (Å²) in [5.74, 6) is 4.00. The molecule has 2 heteroatoms. The van der Waals surface area contributed by atoms with Gasteiger partial charge in [0.25, 0.3) is 0 Å².